The van der Waals surface area contributed by atoms with Crippen LogP contribution >= 0.6 is 0 Å². The zero-order valence-electron chi connectivity index (χ0n) is 13.0. The molecule has 0 atom stereocenters. The molecule has 1 saturated carbocycles. The maximum absolute atomic E-state index is 12.2. The van der Waals surface area contributed by atoms with Crippen LogP contribution in [0.1, 0.15) is 48.2 Å². The first-order chi connectivity index (χ1) is 11.3. The molecule has 1 aliphatic carbocycles. The van der Waals surface area contributed by atoms with Gasteiger partial charge in [0.1, 0.15) is 17.8 Å². The molecule has 1 aliphatic rings. The van der Waals surface area contributed by atoms with Crippen molar-refractivity contribution in [3.05, 3.63) is 48.2 Å². The minimum atomic E-state index is -0.206. The number of anilines is 1. The molecule has 1 amide bonds. The van der Waals surface area contributed by atoms with Crippen molar-refractivity contribution in [3.63, 3.8) is 0 Å². The average Bonchev–Trinajstić information content (AvgIpc) is 2.62. The molecule has 0 spiro atoms. The van der Waals surface area contributed by atoms with Gasteiger partial charge in [-0.25, -0.2) is 9.97 Å². The van der Waals surface area contributed by atoms with E-state index in [9.17, 15) is 4.79 Å². The Hall–Kier alpha value is -2.50. The summed E-state index contributed by atoms with van der Waals surface area (Å²) in [4.78, 5) is 24.5. The predicted molar refractivity (Wildman–Crippen MR) is 87.9 cm³/mol. The zero-order chi connectivity index (χ0) is 15.9. The van der Waals surface area contributed by atoms with Gasteiger partial charge in [-0.1, -0.05) is 25.3 Å². The van der Waals surface area contributed by atoms with Crippen molar-refractivity contribution in [1.82, 2.24) is 20.3 Å². The number of nitrogens with zero attached hydrogens (tertiary/aromatic N) is 3. The molecule has 0 bridgehead atoms. The Morgan fingerprint density at radius 1 is 1.22 bits per heavy atom. The second-order valence-electron chi connectivity index (χ2n) is 5.81. The molecular formula is C17H21N5O. The van der Waals surface area contributed by atoms with E-state index in [1.807, 2.05) is 12.1 Å². The summed E-state index contributed by atoms with van der Waals surface area (Å²) in [5.74, 6) is 0.515. The van der Waals surface area contributed by atoms with Crippen LogP contribution in [0.3, 0.4) is 0 Å². The molecule has 0 aliphatic heterocycles. The lowest BCUT2D eigenvalue weighted by Crippen LogP contribution is -2.25. The third-order valence-electron chi connectivity index (χ3n) is 4.03. The number of nitrogens with one attached hydrogen (secondary N) is 2. The van der Waals surface area contributed by atoms with Crippen LogP contribution in [0, 0.1) is 0 Å². The van der Waals surface area contributed by atoms with Gasteiger partial charge in [-0.05, 0) is 24.5 Å². The summed E-state index contributed by atoms with van der Waals surface area (Å²) in [6, 6.07) is 5.93. The first-order valence-corrected chi connectivity index (χ1v) is 8.07. The highest BCUT2D eigenvalue weighted by Gasteiger charge is 2.15. The Kier molecular flexibility index (Phi) is 5.13. The molecule has 2 N–H and O–H groups in total. The summed E-state index contributed by atoms with van der Waals surface area (Å²) in [5, 5.41) is 6.26. The van der Waals surface area contributed by atoms with Crippen LogP contribution < -0.4 is 10.6 Å². The van der Waals surface area contributed by atoms with Gasteiger partial charge in [-0.15, -0.1) is 0 Å². The average molecular weight is 311 g/mol. The Balaban J connectivity index is 1.58. The van der Waals surface area contributed by atoms with Crippen LogP contribution in [0.15, 0.2) is 36.9 Å². The van der Waals surface area contributed by atoms with E-state index in [1.165, 1.54) is 25.6 Å². The number of hydrogen-bond acceptors (Lipinski definition) is 5. The smallest absolute Gasteiger partial charge is 0.270 e. The van der Waals surface area contributed by atoms with Crippen LogP contribution in [-0.2, 0) is 6.54 Å². The molecule has 6 nitrogen and oxygen atoms in total. The summed E-state index contributed by atoms with van der Waals surface area (Å²) < 4.78 is 0. The highest BCUT2D eigenvalue weighted by Crippen LogP contribution is 2.20. The van der Waals surface area contributed by atoms with Crippen molar-refractivity contribution < 1.29 is 4.79 Å². The van der Waals surface area contributed by atoms with Crippen LogP contribution in [-0.4, -0.2) is 26.9 Å². The van der Waals surface area contributed by atoms with Gasteiger partial charge in [-0.2, -0.15) is 0 Å². The van der Waals surface area contributed by atoms with Crippen molar-refractivity contribution in [3.8, 4) is 0 Å². The fourth-order valence-electron chi connectivity index (χ4n) is 2.79. The quantitative estimate of drug-likeness (QED) is 0.887. The summed E-state index contributed by atoms with van der Waals surface area (Å²) in [6.45, 7) is 0.433. The minimum absolute atomic E-state index is 0.206. The largest absolute Gasteiger partial charge is 0.367 e. The van der Waals surface area contributed by atoms with Gasteiger partial charge in [-0.3, -0.25) is 9.78 Å². The van der Waals surface area contributed by atoms with Gasteiger partial charge >= 0.3 is 0 Å². The summed E-state index contributed by atoms with van der Waals surface area (Å²) in [6.07, 6.45) is 11.0. The molecule has 0 saturated heterocycles. The highest BCUT2D eigenvalue weighted by atomic mass is 16.1. The van der Waals surface area contributed by atoms with Crippen molar-refractivity contribution >= 4 is 11.7 Å². The van der Waals surface area contributed by atoms with Gasteiger partial charge in [0.05, 0.1) is 0 Å². The first-order valence-electron chi connectivity index (χ1n) is 8.07. The summed E-state index contributed by atoms with van der Waals surface area (Å²) >= 11 is 0. The molecule has 2 heterocycles. The second-order valence-corrected chi connectivity index (χ2v) is 5.81. The van der Waals surface area contributed by atoms with Crippen LogP contribution in [0.4, 0.5) is 5.82 Å². The number of hydrogen-bond donors (Lipinski definition) is 2. The summed E-state index contributed by atoms with van der Waals surface area (Å²) in [5.41, 5.74) is 1.33. The normalized spacial score (nSPS) is 15.1. The number of carbonyl (C=O) groups is 1. The van der Waals surface area contributed by atoms with E-state index in [1.54, 1.807) is 18.5 Å². The van der Waals surface area contributed by atoms with E-state index in [4.69, 9.17) is 0 Å². The highest BCUT2D eigenvalue weighted by molar-refractivity contribution is 5.92. The maximum Gasteiger partial charge on any atom is 0.270 e. The Bertz CT molecular complexity index is 640. The lowest BCUT2D eigenvalue weighted by atomic mass is 9.95. The second kappa shape index (κ2) is 7.67. The fraction of sp³-hybridized carbons (Fsp3) is 0.412. The van der Waals surface area contributed by atoms with Crippen molar-refractivity contribution in [1.29, 1.82) is 0 Å². The molecule has 2 aromatic heterocycles. The number of carbonyl (C=O) groups excluding carboxylic acids is 1. The van der Waals surface area contributed by atoms with Crippen LogP contribution in [0.25, 0.3) is 0 Å². The number of amides is 1. The van der Waals surface area contributed by atoms with E-state index < -0.39 is 0 Å². The molecule has 2 aromatic rings. The van der Waals surface area contributed by atoms with Gasteiger partial charge in [0, 0.05) is 31.0 Å². The van der Waals surface area contributed by atoms with E-state index in [-0.39, 0.29) is 5.91 Å². The third-order valence-corrected chi connectivity index (χ3v) is 4.03. The Morgan fingerprint density at radius 2 is 2.09 bits per heavy atom. The lowest BCUT2D eigenvalue weighted by molar-refractivity contribution is 0.0945. The van der Waals surface area contributed by atoms with Gasteiger partial charge in [0.15, 0.2) is 0 Å². The molecule has 3 rings (SSSR count). The van der Waals surface area contributed by atoms with Crippen molar-refractivity contribution in [2.24, 2.45) is 0 Å². The molecule has 0 aromatic carbocycles. The van der Waals surface area contributed by atoms with Crippen molar-refractivity contribution in [2.75, 3.05) is 5.32 Å². The molecule has 1 fully saturated rings. The Labute approximate surface area is 135 Å². The summed E-state index contributed by atoms with van der Waals surface area (Å²) in [7, 11) is 0. The van der Waals surface area contributed by atoms with Crippen molar-refractivity contribution in [2.45, 2.75) is 44.7 Å². The predicted octanol–water partition coefficient (Wildman–Crippen LogP) is 2.55. The third kappa shape index (κ3) is 4.48. The van der Waals surface area contributed by atoms with Gasteiger partial charge < -0.3 is 10.6 Å². The van der Waals surface area contributed by atoms with E-state index >= 15 is 0 Å². The fourth-order valence-corrected chi connectivity index (χ4v) is 2.79. The molecule has 23 heavy (non-hydrogen) atoms. The Morgan fingerprint density at radius 3 is 2.87 bits per heavy atom. The molecule has 120 valence electrons. The van der Waals surface area contributed by atoms with E-state index in [0.29, 0.717) is 18.3 Å². The molecule has 0 radical (unpaired) electrons. The van der Waals surface area contributed by atoms with Gasteiger partial charge in [0.25, 0.3) is 5.91 Å². The van der Waals surface area contributed by atoms with E-state index in [0.717, 1.165) is 24.2 Å². The molecule has 0 unspecified atom stereocenters. The number of rotatable bonds is 5. The maximum atomic E-state index is 12.2. The lowest BCUT2D eigenvalue weighted by Gasteiger charge is -2.23. The first kappa shape index (κ1) is 15.4. The SMILES string of the molecule is O=C(NCc1cccnc1)c1cc(NC2CCCCC2)ncn1. The zero-order valence-corrected chi connectivity index (χ0v) is 13.0. The molecular weight excluding hydrogens is 290 g/mol. The standard InChI is InChI=1S/C17H21N5O/c23-17(19-11-13-5-4-8-18-10-13)15-9-16(21-12-20-15)22-14-6-2-1-3-7-14/h4-5,8-10,12,14H,1-3,6-7,11H2,(H,19,23)(H,20,21,22). The topological polar surface area (TPSA) is 79.8 Å². The van der Waals surface area contributed by atoms with Crippen LogP contribution in [0.5, 0.6) is 0 Å². The number of aromatic nitrogens is 3. The van der Waals surface area contributed by atoms with Gasteiger partial charge in [0.2, 0.25) is 0 Å². The monoisotopic (exact) mass is 311 g/mol. The minimum Gasteiger partial charge on any atom is -0.367 e. The van der Waals surface area contributed by atoms with E-state index in [2.05, 4.69) is 25.6 Å². The van der Waals surface area contributed by atoms with Crippen LogP contribution in [0.2, 0.25) is 0 Å². The molecule has 6 heteroatoms. The number of pyridine rings is 1.